The van der Waals surface area contributed by atoms with Gasteiger partial charge < -0.3 is 9.64 Å². The van der Waals surface area contributed by atoms with Gasteiger partial charge in [0.1, 0.15) is 0 Å². The monoisotopic (exact) mass is 297 g/mol. The predicted molar refractivity (Wildman–Crippen MR) is 89.4 cm³/mol. The van der Waals surface area contributed by atoms with Crippen LogP contribution in [0.25, 0.3) is 0 Å². The minimum atomic E-state index is 0.480. The molecule has 0 aromatic heterocycles. The first-order valence-corrected chi connectivity index (χ1v) is 8.95. The maximum absolute atomic E-state index is 6.05. The maximum Gasteiger partial charge on any atom is 0.0717 e. The predicted octanol–water partition coefficient (Wildman–Crippen LogP) is 4.51. The van der Waals surface area contributed by atoms with E-state index in [9.17, 15) is 0 Å². The van der Waals surface area contributed by atoms with Crippen molar-refractivity contribution in [2.45, 2.75) is 63.1 Å². The van der Waals surface area contributed by atoms with Crippen molar-refractivity contribution in [3.63, 3.8) is 0 Å². The highest BCUT2D eigenvalue weighted by Gasteiger charge is 2.51. The van der Waals surface area contributed by atoms with Gasteiger partial charge in [-0.3, -0.25) is 0 Å². The van der Waals surface area contributed by atoms with E-state index in [1.165, 1.54) is 50.5 Å². The van der Waals surface area contributed by atoms with Crippen molar-refractivity contribution in [2.75, 3.05) is 6.61 Å². The van der Waals surface area contributed by atoms with Crippen LogP contribution in [0.5, 0.6) is 0 Å². The molecule has 3 atom stereocenters. The minimum Gasteiger partial charge on any atom is -0.375 e. The molecular formula is C20H27NO. The Morgan fingerprint density at radius 2 is 2.00 bits per heavy atom. The van der Waals surface area contributed by atoms with Crippen LogP contribution in [0.15, 0.2) is 42.6 Å². The van der Waals surface area contributed by atoms with E-state index in [2.05, 4.69) is 47.5 Å². The molecule has 0 bridgehead atoms. The molecule has 0 unspecified atom stereocenters. The summed E-state index contributed by atoms with van der Waals surface area (Å²) in [6, 6.07) is 11.1. The lowest BCUT2D eigenvalue weighted by atomic mass is 9.68. The number of allylic oxidation sites excluding steroid dienone is 1. The first-order valence-electron chi connectivity index (χ1n) is 8.95. The molecule has 1 aromatic carbocycles. The molecule has 0 radical (unpaired) electrons. The van der Waals surface area contributed by atoms with Gasteiger partial charge in [-0.2, -0.15) is 0 Å². The SMILES string of the molecule is C1=CN2[C@H](COCc3ccccc3)CC[C@]23CCCC[C@H]3C1. The summed E-state index contributed by atoms with van der Waals surface area (Å²) in [5.41, 5.74) is 1.76. The number of benzene rings is 1. The second kappa shape index (κ2) is 6.08. The highest BCUT2D eigenvalue weighted by molar-refractivity contribution is 5.15. The van der Waals surface area contributed by atoms with Crippen molar-refractivity contribution in [2.24, 2.45) is 5.92 Å². The second-order valence-electron chi connectivity index (χ2n) is 7.27. The molecule has 22 heavy (non-hydrogen) atoms. The van der Waals surface area contributed by atoms with Gasteiger partial charge in [0.15, 0.2) is 0 Å². The first-order chi connectivity index (χ1) is 10.9. The molecule has 118 valence electrons. The van der Waals surface area contributed by atoms with Gasteiger partial charge in [-0.1, -0.05) is 49.2 Å². The van der Waals surface area contributed by atoms with E-state index in [-0.39, 0.29) is 0 Å². The van der Waals surface area contributed by atoms with Crippen LogP contribution in [0.2, 0.25) is 0 Å². The average molecular weight is 297 g/mol. The van der Waals surface area contributed by atoms with Crippen LogP contribution in [0.4, 0.5) is 0 Å². The van der Waals surface area contributed by atoms with Crippen molar-refractivity contribution in [3.05, 3.63) is 48.2 Å². The van der Waals surface area contributed by atoms with Crippen molar-refractivity contribution in [1.82, 2.24) is 4.90 Å². The van der Waals surface area contributed by atoms with E-state index < -0.39 is 0 Å². The fourth-order valence-corrected chi connectivity index (χ4v) is 5.01. The van der Waals surface area contributed by atoms with Crippen LogP contribution < -0.4 is 0 Å². The van der Waals surface area contributed by atoms with Gasteiger partial charge in [0, 0.05) is 5.54 Å². The lowest BCUT2D eigenvalue weighted by Gasteiger charge is -2.51. The summed E-state index contributed by atoms with van der Waals surface area (Å²) >= 11 is 0. The second-order valence-corrected chi connectivity index (χ2v) is 7.27. The molecule has 2 heterocycles. The third kappa shape index (κ3) is 2.48. The molecule has 2 fully saturated rings. The Morgan fingerprint density at radius 1 is 1.09 bits per heavy atom. The quantitative estimate of drug-likeness (QED) is 0.810. The molecular weight excluding hydrogens is 270 g/mol. The Kier molecular flexibility index (Phi) is 3.96. The zero-order chi connectivity index (χ0) is 14.8. The van der Waals surface area contributed by atoms with E-state index in [1.54, 1.807) is 0 Å². The molecule has 1 aliphatic carbocycles. The van der Waals surface area contributed by atoms with Gasteiger partial charge in [0.05, 0.1) is 19.3 Å². The molecule has 1 saturated carbocycles. The van der Waals surface area contributed by atoms with Crippen molar-refractivity contribution in [1.29, 1.82) is 0 Å². The van der Waals surface area contributed by atoms with E-state index in [4.69, 9.17) is 4.74 Å². The van der Waals surface area contributed by atoms with Crippen molar-refractivity contribution in [3.8, 4) is 0 Å². The Morgan fingerprint density at radius 3 is 2.91 bits per heavy atom. The summed E-state index contributed by atoms with van der Waals surface area (Å²) in [6.07, 6.45) is 14.5. The lowest BCUT2D eigenvalue weighted by molar-refractivity contribution is 0.00859. The van der Waals surface area contributed by atoms with Crippen LogP contribution in [-0.4, -0.2) is 23.1 Å². The molecule has 2 aliphatic heterocycles. The van der Waals surface area contributed by atoms with Gasteiger partial charge in [-0.15, -0.1) is 0 Å². The zero-order valence-electron chi connectivity index (χ0n) is 13.4. The number of nitrogens with zero attached hydrogens (tertiary/aromatic N) is 1. The molecule has 2 nitrogen and oxygen atoms in total. The van der Waals surface area contributed by atoms with E-state index in [1.807, 2.05) is 0 Å². The number of hydrogen-bond donors (Lipinski definition) is 0. The summed E-state index contributed by atoms with van der Waals surface area (Å²) in [4.78, 5) is 2.70. The van der Waals surface area contributed by atoms with Gasteiger partial charge in [-0.05, 0) is 49.8 Å². The Bertz CT molecular complexity index is 526. The van der Waals surface area contributed by atoms with E-state index in [0.29, 0.717) is 11.6 Å². The third-order valence-corrected chi connectivity index (χ3v) is 6.10. The zero-order valence-corrected chi connectivity index (χ0v) is 13.4. The molecule has 3 aliphatic rings. The van der Waals surface area contributed by atoms with Crippen LogP contribution in [0.3, 0.4) is 0 Å². The smallest absolute Gasteiger partial charge is 0.0717 e. The third-order valence-electron chi connectivity index (χ3n) is 6.10. The minimum absolute atomic E-state index is 0.480. The molecule has 2 heteroatoms. The Labute approximate surface area is 134 Å². The Balaban J connectivity index is 1.39. The van der Waals surface area contributed by atoms with Crippen LogP contribution in [0, 0.1) is 5.92 Å². The summed E-state index contributed by atoms with van der Waals surface area (Å²) in [6.45, 7) is 1.61. The molecule has 4 rings (SSSR count). The first kappa shape index (κ1) is 14.3. The number of rotatable bonds is 4. The standard InChI is InChI=1S/C20H27NO/c1-2-7-17(8-3-1)15-22-16-19-11-13-20-12-5-4-9-18(20)10-6-14-21(19)20/h1-3,6-8,14,18-19H,4-5,9-13,15-16H2/t18-,19-,20-/m0/s1. The normalized spacial score (nSPS) is 33.5. The summed E-state index contributed by atoms with van der Waals surface area (Å²) in [7, 11) is 0. The molecule has 0 amide bonds. The van der Waals surface area contributed by atoms with Crippen molar-refractivity contribution >= 4 is 0 Å². The average Bonchev–Trinajstić information content (AvgIpc) is 2.93. The summed E-state index contributed by atoms with van der Waals surface area (Å²) in [5, 5.41) is 0. The summed E-state index contributed by atoms with van der Waals surface area (Å²) in [5.74, 6) is 0.894. The van der Waals surface area contributed by atoms with Crippen LogP contribution in [-0.2, 0) is 11.3 Å². The summed E-state index contributed by atoms with van der Waals surface area (Å²) < 4.78 is 6.05. The highest BCUT2D eigenvalue weighted by atomic mass is 16.5. The Hall–Kier alpha value is -1.28. The van der Waals surface area contributed by atoms with Gasteiger partial charge in [-0.25, -0.2) is 0 Å². The van der Waals surface area contributed by atoms with Crippen molar-refractivity contribution < 1.29 is 4.74 Å². The largest absolute Gasteiger partial charge is 0.375 e. The van der Waals surface area contributed by atoms with E-state index in [0.717, 1.165) is 19.1 Å². The van der Waals surface area contributed by atoms with Gasteiger partial charge in [0.2, 0.25) is 0 Å². The molecule has 1 spiro atoms. The van der Waals surface area contributed by atoms with Gasteiger partial charge in [0.25, 0.3) is 0 Å². The number of hydrogen-bond acceptors (Lipinski definition) is 2. The van der Waals surface area contributed by atoms with Crippen LogP contribution >= 0.6 is 0 Å². The topological polar surface area (TPSA) is 12.5 Å². The fraction of sp³-hybridized carbons (Fsp3) is 0.600. The molecule has 1 saturated heterocycles. The highest BCUT2D eigenvalue weighted by Crippen LogP contribution is 2.51. The van der Waals surface area contributed by atoms with E-state index >= 15 is 0 Å². The lowest BCUT2D eigenvalue weighted by Crippen LogP contribution is -2.53. The maximum atomic E-state index is 6.05. The van der Waals surface area contributed by atoms with Crippen LogP contribution in [0.1, 0.15) is 50.5 Å². The molecule has 1 aromatic rings. The molecule has 0 N–H and O–H groups in total. The fourth-order valence-electron chi connectivity index (χ4n) is 5.01. The van der Waals surface area contributed by atoms with Gasteiger partial charge >= 0.3 is 0 Å². The number of ether oxygens (including phenoxy) is 1.